The molecule has 0 spiro atoms. The van der Waals surface area contributed by atoms with Gasteiger partial charge in [-0.2, -0.15) is 0 Å². The summed E-state index contributed by atoms with van der Waals surface area (Å²) in [7, 11) is 1.55. The fraction of sp³-hybridized carbons (Fsp3) is 0.214. The number of ether oxygens (including phenoxy) is 1. The van der Waals surface area contributed by atoms with Gasteiger partial charge < -0.3 is 9.15 Å². The molecule has 1 heterocycles. The summed E-state index contributed by atoms with van der Waals surface area (Å²) in [6.07, 6.45) is 0.775. The Morgan fingerprint density at radius 1 is 1.33 bits per heavy atom. The van der Waals surface area contributed by atoms with Gasteiger partial charge in [0.15, 0.2) is 5.76 Å². The predicted molar refractivity (Wildman–Crippen MR) is 77.2 cm³/mol. The van der Waals surface area contributed by atoms with Crippen LogP contribution >= 0.6 is 22.6 Å². The number of halogens is 1. The molecule has 0 amide bonds. The van der Waals surface area contributed by atoms with E-state index in [1.165, 1.54) is 0 Å². The van der Waals surface area contributed by atoms with Crippen LogP contribution in [0.5, 0.6) is 5.75 Å². The molecule has 0 saturated heterocycles. The van der Waals surface area contributed by atoms with Gasteiger partial charge in [-0.3, -0.25) is 4.79 Å². The van der Waals surface area contributed by atoms with Crippen molar-refractivity contribution in [3.63, 3.8) is 0 Å². The number of hydrogen-bond donors (Lipinski definition) is 0. The van der Waals surface area contributed by atoms with E-state index in [0.29, 0.717) is 17.1 Å². The summed E-state index contributed by atoms with van der Waals surface area (Å²) in [4.78, 5) is 12.3. The number of aryl methyl sites for hydroxylation is 1. The van der Waals surface area contributed by atoms with Crippen LogP contribution in [0.3, 0.4) is 0 Å². The first kappa shape index (κ1) is 13.1. The lowest BCUT2D eigenvalue weighted by atomic mass is 10.1. The van der Waals surface area contributed by atoms with Crippen molar-refractivity contribution in [1.29, 1.82) is 0 Å². The van der Waals surface area contributed by atoms with Crippen molar-refractivity contribution in [2.45, 2.75) is 13.3 Å². The monoisotopic (exact) mass is 356 g/mol. The summed E-state index contributed by atoms with van der Waals surface area (Å²) in [6.45, 7) is 1.99. The molecule has 1 aromatic carbocycles. The van der Waals surface area contributed by atoms with Crippen molar-refractivity contribution < 1.29 is 13.9 Å². The van der Waals surface area contributed by atoms with E-state index in [9.17, 15) is 4.79 Å². The third kappa shape index (κ3) is 2.58. The van der Waals surface area contributed by atoms with Crippen LogP contribution in [0.2, 0.25) is 0 Å². The van der Waals surface area contributed by atoms with Crippen LogP contribution in [0.25, 0.3) is 0 Å². The third-order valence-corrected chi connectivity index (χ3v) is 3.31. The summed E-state index contributed by atoms with van der Waals surface area (Å²) in [5.41, 5.74) is 0.529. The lowest BCUT2D eigenvalue weighted by Crippen LogP contribution is -2.03. The van der Waals surface area contributed by atoms with Crippen LogP contribution < -0.4 is 4.74 Å². The standard InChI is InChI=1S/C14H13IO3/c1-3-10-5-7-13(18-10)14(16)11-8-9(15)4-6-12(11)17-2/h4-8H,3H2,1-2H3. The molecule has 3 nitrogen and oxygen atoms in total. The lowest BCUT2D eigenvalue weighted by molar-refractivity contribution is 0.100. The Labute approximate surface area is 119 Å². The number of rotatable bonds is 4. The largest absolute Gasteiger partial charge is 0.496 e. The van der Waals surface area contributed by atoms with Gasteiger partial charge in [0, 0.05) is 9.99 Å². The molecule has 18 heavy (non-hydrogen) atoms. The molecule has 4 heteroatoms. The van der Waals surface area contributed by atoms with E-state index >= 15 is 0 Å². The molecule has 0 N–H and O–H groups in total. The van der Waals surface area contributed by atoms with Gasteiger partial charge in [-0.05, 0) is 52.9 Å². The minimum atomic E-state index is -0.148. The Kier molecular flexibility index (Phi) is 4.06. The Balaban J connectivity index is 2.41. The molecule has 0 aliphatic carbocycles. The lowest BCUT2D eigenvalue weighted by Gasteiger charge is -2.06. The predicted octanol–water partition coefficient (Wildman–Crippen LogP) is 3.69. The van der Waals surface area contributed by atoms with Gasteiger partial charge in [0.1, 0.15) is 11.5 Å². The quantitative estimate of drug-likeness (QED) is 0.620. The smallest absolute Gasteiger partial charge is 0.231 e. The molecule has 0 radical (unpaired) electrons. The molecule has 0 bridgehead atoms. The van der Waals surface area contributed by atoms with Crippen molar-refractivity contribution in [3.8, 4) is 5.75 Å². The number of furan rings is 1. The summed E-state index contributed by atoms with van der Waals surface area (Å²) < 4.78 is 11.7. The van der Waals surface area contributed by atoms with Crippen LogP contribution in [-0.4, -0.2) is 12.9 Å². The van der Waals surface area contributed by atoms with Crippen LogP contribution in [0, 0.1) is 3.57 Å². The maximum absolute atomic E-state index is 12.3. The second kappa shape index (κ2) is 5.56. The average Bonchev–Trinajstić information content (AvgIpc) is 2.86. The number of carbonyl (C=O) groups is 1. The van der Waals surface area contributed by atoms with Crippen LogP contribution in [0.4, 0.5) is 0 Å². The Bertz CT molecular complexity index is 572. The molecule has 1 aromatic heterocycles. The van der Waals surface area contributed by atoms with E-state index in [1.54, 1.807) is 25.3 Å². The second-order valence-electron chi connectivity index (χ2n) is 3.79. The van der Waals surface area contributed by atoms with Gasteiger partial charge in [0.05, 0.1) is 12.7 Å². The Morgan fingerprint density at radius 2 is 2.11 bits per heavy atom. The van der Waals surface area contributed by atoms with Crippen molar-refractivity contribution in [2.75, 3.05) is 7.11 Å². The molecule has 0 aliphatic rings. The molecule has 0 aliphatic heterocycles. The molecule has 94 valence electrons. The van der Waals surface area contributed by atoms with Gasteiger partial charge in [-0.15, -0.1) is 0 Å². The zero-order valence-electron chi connectivity index (χ0n) is 10.2. The van der Waals surface area contributed by atoms with Gasteiger partial charge in [0.2, 0.25) is 5.78 Å². The SMILES string of the molecule is CCc1ccc(C(=O)c2cc(I)ccc2OC)o1. The normalized spacial score (nSPS) is 10.4. The van der Waals surface area contributed by atoms with Crippen molar-refractivity contribution >= 4 is 28.4 Å². The van der Waals surface area contributed by atoms with Crippen molar-refractivity contribution in [3.05, 3.63) is 51.0 Å². The molecule has 0 fully saturated rings. The summed E-state index contributed by atoms with van der Waals surface area (Å²) in [5.74, 6) is 1.58. The Morgan fingerprint density at radius 3 is 2.72 bits per heavy atom. The number of hydrogen-bond acceptors (Lipinski definition) is 3. The van der Waals surface area contributed by atoms with E-state index < -0.39 is 0 Å². The number of benzene rings is 1. The van der Waals surface area contributed by atoms with E-state index in [0.717, 1.165) is 15.8 Å². The topological polar surface area (TPSA) is 39.4 Å². The van der Waals surface area contributed by atoms with Gasteiger partial charge in [0.25, 0.3) is 0 Å². The van der Waals surface area contributed by atoms with Crippen LogP contribution in [-0.2, 0) is 6.42 Å². The van der Waals surface area contributed by atoms with Crippen LogP contribution in [0.1, 0.15) is 28.8 Å². The Hall–Kier alpha value is -1.30. The first-order chi connectivity index (χ1) is 8.65. The number of carbonyl (C=O) groups excluding carboxylic acids is 1. The highest BCUT2D eigenvalue weighted by Gasteiger charge is 2.18. The molecule has 0 atom stereocenters. The molecular weight excluding hydrogens is 343 g/mol. The van der Waals surface area contributed by atoms with Gasteiger partial charge in [-0.25, -0.2) is 0 Å². The van der Waals surface area contributed by atoms with Crippen molar-refractivity contribution in [1.82, 2.24) is 0 Å². The summed E-state index contributed by atoms with van der Waals surface area (Å²) in [6, 6.07) is 9.03. The highest BCUT2D eigenvalue weighted by molar-refractivity contribution is 14.1. The van der Waals surface area contributed by atoms with E-state index in [1.807, 2.05) is 19.1 Å². The first-order valence-electron chi connectivity index (χ1n) is 5.62. The number of ketones is 1. The minimum Gasteiger partial charge on any atom is -0.496 e. The maximum Gasteiger partial charge on any atom is 0.231 e. The van der Waals surface area contributed by atoms with E-state index in [-0.39, 0.29) is 5.78 Å². The number of methoxy groups -OCH3 is 1. The maximum atomic E-state index is 12.3. The molecule has 0 saturated carbocycles. The van der Waals surface area contributed by atoms with Gasteiger partial charge >= 0.3 is 0 Å². The zero-order chi connectivity index (χ0) is 13.1. The van der Waals surface area contributed by atoms with E-state index in [4.69, 9.17) is 9.15 Å². The second-order valence-corrected chi connectivity index (χ2v) is 5.04. The molecule has 2 aromatic rings. The highest BCUT2D eigenvalue weighted by atomic mass is 127. The fourth-order valence-electron chi connectivity index (χ4n) is 1.68. The first-order valence-corrected chi connectivity index (χ1v) is 6.70. The molecule has 0 unspecified atom stereocenters. The summed E-state index contributed by atoms with van der Waals surface area (Å²) in [5, 5.41) is 0. The highest BCUT2D eigenvalue weighted by Crippen LogP contribution is 2.24. The van der Waals surface area contributed by atoms with E-state index in [2.05, 4.69) is 22.6 Å². The van der Waals surface area contributed by atoms with Crippen LogP contribution in [0.15, 0.2) is 34.7 Å². The summed E-state index contributed by atoms with van der Waals surface area (Å²) >= 11 is 2.17. The van der Waals surface area contributed by atoms with Gasteiger partial charge in [-0.1, -0.05) is 6.92 Å². The molecular formula is C14H13IO3. The average molecular weight is 356 g/mol. The zero-order valence-corrected chi connectivity index (χ0v) is 12.4. The minimum absolute atomic E-state index is 0.148. The fourth-order valence-corrected chi connectivity index (χ4v) is 2.17. The molecule has 2 rings (SSSR count). The third-order valence-electron chi connectivity index (χ3n) is 2.64. The van der Waals surface area contributed by atoms with Crippen molar-refractivity contribution in [2.24, 2.45) is 0 Å².